The van der Waals surface area contributed by atoms with Crippen molar-refractivity contribution in [1.82, 2.24) is 15.4 Å². The van der Waals surface area contributed by atoms with Crippen LogP contribution in [0.3, 0.4) is 0 Å². The van der Waals surface area contributed by atoms with Crippen LogP contribution in [0, 0.1) is 0 Å². The van der Waals surface area contributed by atoms with E-state index in [0.717, 1.165) is 44.8 Å². The summed E-state index contributed by atoms with van der Waals surface area (Å²) in [7, 11) is 0. The van der Waals surface area contributed by atoms with Crippen LogP contribution in [0.2, 0.25) is 0 Å². The molecule has 2 heterocycles. The molecule has 0 saturated carbocycles. The standard InChI is InChI=1S/C39H25N3Se/c1-4-14-26(15-5-1)29-20-10-11-21-30(29)38-36(28-18-8-3-9-19-28)39(41-42-40-38)32-24-25-34-37(31-22-12-13-23-33(31)43-34)35(32)27-16-6-2-7-17-27/h1-25H. The molecule has 0 unspecified atom stereocenters. The van der Waals surface area contributed by atoms with Gasteiger partial charge in [-0.1, -0.05) is 6.07 Å². The number of aromatic nitrogens is 3. The molecule has 6 aromatic carbocycles. The maximum atomic E-state index is 4.83. The molecular formula is C39H25N3Se. The van der Waals surface area contributed by atoms with Gasteiger partial charge in [0.15, 0.2) is 0 Å². The van der Waals surface area contributed by atoms with E-state index in [1.807, 2.05) is 12.1 Å². The quantitative estimate of drug-likeness (QED) is 0.181. The second-order valence-electron chi connectivity index (χ2n) is 10.5. The first kappa shape index (κ1) is 25.6. The third kappa shape index (κ3) is 4.49. The van der Waals surface area contributed by atoms with E-state index >= 15 is 0 Å². The van der Waals surface area contributed by atoms with Crippen LogP contribution in [0.25, 0.3) is 75.2 Å². The zero-order valence-electron chi connectivity index (χ0n) is 23.2. The van der Waals surface area contributed by atoms with E-state index in [4.69, 9.17) is 10.2 Å². The molecule has 0 saturated heterocycles. The summed E-state index contributed by atoms with van der Waals surface area (Å²) in [5.41, 5.74) is 10.4. The summed E-state index contributed by atoms with van der Waals surface area (Å²) < 4.78 is 2.81. The van der Waals surface area contributed by atoms with Gasteiger partial charge in [-0.3, -0.25) is 0 Å². The number of fused-ring (bicyclic) bond motifs is 3. The minimum absolute atomic E-state index is 0.250. The van der Waals surface area contributed by atoms with Gasteiger partial charge >= 0.3 is 251 Å². The summed E-state index contributed by atoms with van der Waals surface area (Å²) in [6.07, 6.45) is 0. The number of benzene rings is 6. The Balaban J connectivity index is 1.49. The fourth-order valence-electron chi connectivity index (χ4n) is 6.06. The van der Waals surface area contributed by atoms with Crippen LogP contribution in [0.15, 0.2) is 152 Å². The van der Waals surface area contributed by atoms with Gasteiger partial charge in [-0.25, -0.2) is 0 Å². The van der Waals surface area contributed by atoms with Crippen LogP contribution in [-0.2, 0) is 0 Å². The predicted molar refractivity (Wildman–Crippen MR) is 179 cm³/mol. The summed E-state index contributed by atoms with van der Waals surface area (Å²) in [5.74, 6) is 0. The van der Waals surface area contributed by atoms with Gasteiger partial charge in [-0.15, -0.1) is 0 Å². The molecule has 0 aliphatic heterocycles. The Morgan fingerprint density at radius 2 is 0.907 bits per heavy atom. The fraction of sp³-hybridized carbons (Fsp3) is 0. The van der Waals surface area contributed by atoms with Crippen LogP contribution in [-0.4, -0.2) is 29.9 Å². The Hall–Kier alpha value is -5.15. The van der Waals surface area contributed by atoms with E-state index in [1.165, 1.54) is 30.4 Å². The molecule has 4 heteroatoms. The first-order chi connectivity index (χ1) is 21.4. The number of hydrogen-bond donors (Lipinski definition) is 0. The van der Waals surface area contributed by atoms with E-state index < -0.39 is 0 Å². The van der Waals surface area contributed by atoms with Gasteiger partial charge in [0.25, 0.3) is 0 Å². The SMILES string of the molecule is c1ccc(-c2ccccc2-c2nnnc(-c3ccc4[se]c5ccccc5c4c3-c3ccccc3)c2-c2ccccc2)cc1. The predicted octanol–water partition coefficient (Wildman–Crippen LogP) is 9.57. The third-order valence-electron chi connectivity index (χ3n) is 7.95. The minimum atomic E-state index is 0.250. The molecule has 0 aliphatic carbocycles. The molecular weight excluding hydrogens is 589 g/mol. The van der Waals surface area contributed by atoms with Crippen molar-refractivity contribution in [2.75, 3.05) is 0 Å². The van der Waals surface area contributed by atoms with E-state index in [9.17, 15) is 0 Å². The first-order valence-electron chi connectivity index (χ1n) is 14.3. The zero-order chi connectivity index (χ0) is 28.6. The summed E-state index contributed by atoms with van der Waals surface area (Å²) >= 11 is 0.250. The Bertz CT molecular complexity index is 2220. The van der Waals surface area contributed by atoms with Gasteiger partial charge in [-0.2, -0.15) is 0 Å². The van der Waals surface area contributed by atoms with Crippen molar-refractivity contribution in [2.24, 2.45) is 0 Å². The topological polar surface area (TPSA) is 38.7 Å². The molecule has 202 valence electrons. The van der Waals surface area contributed by atoms with Gasteiger partial charge in [0.05, 0.1) is 0 Å². The van der Waals surface area contributed by atoms with Crippen LogP contribution in [0.4, 0.5) is 0 Å². The Morgan fingerprint density at radius 3 is 1.60 bits per heavy atom. The average Bonchev–Trinajstić information content (AvgIpc) is 3.47. The summed E-state index contributed by atoms with van der Waals surface area (Å²) in [4.78, 5) is 0. The van der Waals surface area contributed by atoms with Crippen molar-refractivity contribution >= 4 is 33.8 Å². The molecule has 0 atom stereocenters. The van der Waals surface area contributed by atoms with Gasteiger partial charge in [0, 0.05) is 0 Å². The number of rotatable bonds is 5. The van der Waals surface area contributed by atoms with Gasteiger partial charge in [0.1, 0.15) is 0 Å². The molecule has 3 nitrogen and oxygen atoms in total. The molecule has 8 rings (SSSR count). The molecule has 0 aliphatic rings. The van der Waals surface area contributed by atoms with E-state index in [2.05, 4.69) is 145 Å². The van der Waals surface area contributed by atoms with Crippen LogP contribution in [0.1, 0.15) is 0 Å². The molecule has 0 spiro atoms. The van der Waals surface area contributed by atoms with Crippen molar-refractivity contribution in [3.05, 3.63) is 152 Å². The van der Waals surface area contributed by atoms with Crippen molar-refractivity contribution in [3.8, 4) is 55.9 Å². The van der Waals surface area contributed by atoms with Crippen molar-refractivity contribution in [1.29, 1.82) is 0 Å². The molecule has 0 radical (unpaired) electrons. The summed E-state index contributed by atoms with van der Waals surface area (Å²) in [6.45, 7) is 0. The molecule has 0 amide bonds. The van der Waals surface area contributed by atoms with Gasteiger partial charge in [-0.05, 0) is 0 Å². The Morgan fingerprint density at radius 1 is 0.372 bits per heavy atom. The van der Waals surface area contributed by atoms with E-state index in [-0.39, 0.29) is 14.5 Å². The monoisotopic (exact) mass is 615 g/mol. The van der Waals surface area contributed by atoms with Gasteiger partial charge in [0.2, 0.25) is 0 Å². The fourth-order valence-corrected chi connectivity index (χ4v) is 8.39. The molecule has 0 fully saturated rings. The second kappa shape index (κ2) is 10.9. The molecule has 8 aromatic rings. The second-order valence-corrected chi connectivity index (χ2v) is 12.7. The average molecular weight is 615 g/mol. The van der Waals surface area contributed by atoms with Crippen LogP contribution in [0.5, 0.6) is 0 Å². The Kier molecular flexibility index (Phi) is 6.49. The molecule has 43 heavy (non-hydrogen) atoms. The van der Waals surface area contributed by atoms with Crippen molar-refractivity contribution in [2.45, 2.75) is 0 Å². The summed E-state index contributed by atoms with van der Waals surface area (Å²) in [6, 6.07) is 53.5. The Labute approximate surface area is 255 Å². The number of nitrogens with zero attached hydrogens (tertiary/aromatic N) is 3. The van der Waals surface area contributed by atoms with Gasteiger partial charge < -0.3 is 0 Å². The van der Waals surface area contributed by atoms with E-state index in [0.29, 0.717) is 0 Å². The van der Waals surface area contributed by atoms with E-state index in [1.54, 1.807) is 0 Å². The zero-order valence-corrected chi connectivity index (χ0v) is 24.9. The number of hydrogen-bond acceptors (Lipinski definition) is 3. The molecule has 2 aromatic heterocycles. The van der Waals surface area contributed by atoms with Crippen molar-refractivity contribution < 1.29 is 0 Å². The maximum absolute atomic E-state index is 4.83. The van der Waals surface area contributed by atoms with Crippen LogP contribution < -0.4 is 0 Å². The molecule has 0 bridgehead atoms. The third-order valence-corrected chi connectivity index (χ3v) is 10.3. The van der Waals surface area contributed by atoms with Crippen LogP contribution >= 0.6 is 0 Å². The molecule has 0 N–H and O–H groups in total. The summed E-state index contributed by atoms with van der Waals surface area (Å²) in [5, 5.41) is 16.6. The van der Waals surface area contributed by atoms with Crippen molar-refractivity contribution in [3.63, 3.8) is 0 Å². The first-order valence-corrected chi connectivity index (χ1v) is 16.0. The normalized spacial score (nSPS) is 11.3.